The second kappa shape index (κ2) is 2.70. The SMILES string of the molecule is C[Si](C)(C)c1cc2cccnc2[nH]1. The average Bonchev–Trinajstić information content (AvgIpc) is 2.45. The summed E-state index contributed by atoms with van der Waals surface area (Å²) >= 11 is 0. The summed E-state index contributed by atoms with van der Waals surface area (Å²) in [6.45, 7) is 6.99. The summed E-state index contributed by atoms with van der Waals surface area (Å²) in [5.74, 6) is 0. The quantitative estimate of drug-likeness (QED) is 0.685. The van der Waals surface area contributed by atoms with Gasteiger partial charge in [0, 0.05) is 16.9 Å². The molecule has 0 fully saturated rings. The van der Waals surface area contributed by atoms with Crippen LogP contribution in [0, 0.1) is 0 Å². The minimum Gasteiger partial charge on any atom is -0.347 e. The molecule has 13 heavy (non-hydrogen) atoms. The molecule has 0 unspecified atom stereocenters. The third-order valence-electron chi connectivity index (χ3n) is 2.20. The Labute approximate surface area is 79.0 Å². The van der Waals surface area contributed by atoms with Crippen molar-refractivity contribution in [2.45, 2.75) is 19.6 Å². The van der Waals surface area contributed by atoms with Crippen molar-refractivity contribution in [3.63, 3.8) is 0 Å². The number of aromatic nitrogens is 2. The molecule has 2 rings (SSSR count). The molecule has 0 saturated carbocycles. The van der Waals surface area contributed by atoms with Crippen molar-refractivity contribution in [3.05, 3.63) is 24.4 Å². The predicted molar refractivity (Wildman–Crippen MR) is 59.1 cm³/mol. The van der Waals surface area contributed by atoms with Gasteiger partial charge in [-0.15, -0.1) is 0 Å². The van der Waals surface area contributed by atoms with E-state index in [-0.39, 0.29) is 0 Å². The lowest BCUT2D eigenvalue weighted by Gasteiger charge is -2.12. The number of aromatic amines is 1. The molecule has 0 amide bonds. The molecule has 0 radical (unpaired) electrons. The topological polar surface area (TPSA) is 28.7 Å². The molecule has 1 N–H and O–H groups in total. The molecule has 0 aliphatic rings. The number of nitrogens with one attached hydrogen (secondary N) is 1. The number of fused-ring (bicyclic) bond motifs is 1. The van der Waals surface area contributed by atoms with Crippen molar-refractivity contribution in [1.82, 2.24) is 9.97 Å². The first kappa shape index (κ1) is 8.50. The minimum absolute atomic E-state index is 1.01. The number of nitrogens with zero attached hydrogens (tertiary/aromatic N) is 1. The van der Waals surface area contributed by atoms with Crippen LogP contribution < -0.4 is 5.32 Å². The lowest BCUT2D eigenvalue weighted by molar-refractivity contribution is 1.34. The first-order valence-corrected chi connectivity index (χ1v) is 8.01. The van der Waals surface area contributed by atoms with Crippen molar-refractivity contribution in [2.24, 2.45) is 0 Å². The second-order valence-corrected chi connectivity index (χ2v) is 9.41. The van der Waals surface area contributed by atoms with Crippen LogP contribution in [-0.2, 0) is 0 Å². The van der Waals surface area contributed by atoms with E-state index in [1.165, 1.54) is 10.7 Å². The van der Waals surface area contributed by atoms with Crippen LogP contribution in [0.2, 0.25) is 19.6 Å². The molecule has 2 heterocycles. The van der Waals surface area contributed by atoms with Gasteiger partial charge in [-0.1, -0.05) is 19.6 Å². The average molecular weight is 190 g/mol. The summed E-state index contributed by atoms with van der Waals surface area (Å²) in [4.78, 5) is 7.67. The van der Waals surface area contributed by atoms with Crippen molar-refractivity contribution >= 4 is 24.4 Å². The summed E-state index contributed by atoms with van der Waals surface area (Å²) in [5, 5.41) is 2.60. The van der Waals surface area contributed by atoms with Crippen molar-refractivity contribution in [1.29, 1.82) is 0 Å². The number of hydrogen-bond donors (Lipinski definition) is 1. The van der Waals surface area contributed by atoms with E-state index in [2.05, 4.69) is 41.7 Å². The molecule has 68 valence electrons. The largest absolute Gasteiger partial charge is 0.347 e. The fraction of sp³-hybridized carbons (Fsp3) is 0.300. The molecular weight excluding hydrogens is 176 g/mol. The molecule has 2 aromatic heterocycles. The van der Waals surface area contributed by atoms with Gasteiger partial charge >= 0.3 is 0 Å². The Kier molecular flexibility index (Phi) is 1.77. The Balaban J connectivity index is 2.63. The van der Waals surface area contributed by atoms with Crippen molar-refractivity contribution in [3.8, 4) is 0 Å². The van der Waals surface area contributed by atoms with Crippen LogP contribution in [0.3, 0.4) is 0 Å². The molecule has 0 aliphatic heterocycles. The number of hydrogen-bond acceptors (Lipinski definition) is 1. The molecule has 3 heteroatoms. The fourth-order valence-corrected chi connectivity index (χ4v) is 2.44. The van der Waals surface area contributed by atoms with E-state index in [1.807, 2.05) is 12.3 Å². The number of rotatable bonds is 1. The van der Waals surface area contributed by atoms with Gasteiger partial charge < -0.3 is 4.98 Å². The normalized spacial score (nSPS) is 12.2. The van der Waals surface area contributed by atoms with E-state index in [4.69, 9.17) is 0 Å². The van der Waals surface area contributed by atoms with Gasteiger partial charge in [0.25, 0.3) is 0 Å². The maximum Gasteiger partial charge on any atom is 0.137 e. The van der Waals surface area contributed by atoms with E-state index in [0.717, 1.165) is 5.65 Å². The molecular formula is C10H14N2Si. The lowest BCUT2D eigenvalue weighted by atomic mass is 10.3. The van der Waals surface area contributed by atoms with Crippen LogP contribution in [0.25, 0.3) is 11.0 Å². The zero-order valence-corrected chi connectivity index (χ0v) is 9.26. The highest BCUT2D eigenvalue weighted by molar-refractivity contribution is 6.88. The fourth-order valence-electron chi connectivity index (χ4n) is 1.36. The van der Waals surface area contributed by atoms with E-state index >= 15 is 0 Å². The molecule has 0 aromatic carbocycles. The Hall–Kier alpha value is -1.09. The Morgan fingerprint density at radius 1 is 1.31 bits per heavy atom. The zero-order chi connectivity index (χ0) is 9.47. The molecule has 0 spiro atoms. The third-order valence-corrected chi connectivity index (χ3v) is 4.09. The second-order valence-electron chi connectivity index (χ2n) is 4.37. The van der Waals surface area contributed by atoms with Gasteiger partial charge in [-0.05, 0) is 18.2 Å². The highest BCUT2D eigenvalue weighted by Crippen LogP contribution is 2.10. The van der Waals surface area contributed by atoms with E-state index in [1.54, 1.807) is 0 Å². The summed E-state index contributed by atoms with van der Waals surface area (Å²) in [6, 6.07) is 6.31. The van der Waals surface area contributed by atoms with Gasteiger partial charge in [0.2, 0.25) is 0 Å². The van der Waals surface area contributed by atoms with Crippen LogP contribution in [0.15, 0.2) is 24.4 Å². The highest BCUT2D eigenvalue weighted by atomic mass is 28.3. The monoisotopic (exact) mass is 190 g/mol. The van der Waals surface area contributed by atoms with E-state index in [9.17, 15) is 0 Å². The van der Waals surface area contributed by atoms with E-state index in [0.29, 0.717) is 0 Å². The van der Waals surface area contributed by atoms with Crippen LogP contribution in [0.4, 0.5) is 0 Å². The van der Waals surface area contributed by atoms with Gasteiger partial charge in [0.05, 0.1) is 8.07 Å². The van der Waals surface area contributed by atoms with Gasteiger partial charge in [0.1, 0.15) is 5.65 Å². The highest BCUT2D eigenvalue weighted by Gasteiger charge is 2.18. The first-order chi connectivity index (χ1) is 6.07. The molecule has 2 aromatic rings. The zero-order valence-electron chi connectivity index (χ0n) is 8.26. The standard InChI is InChI=1S/C10H14N2Si/c1-13(2,3)9-7-8-5-4-6-11-10(8)12-9/h4-7H,1-3H3,(H,11,12). The number of H-pyrrole nitrogens is 1. The summed E-state index contributed by atoms with van der Waals surface area (Å²) in [7, 11) is -1.21. The van der Waals surface area contributed by atoms with Crippen LogP contribution in [-0.4, -0.2) is 18.0 Å². The van der Waals surface area contributed by atoms with Gasteiger partial charge in [-0.3, -0.25) is 0 Å². The minimum atomic E-state index is -1.21. The first-order valence-electron chi connectivity index (χ1n) is 4.51. The van der Waals surface area contributed by atoms with E-state index < -0.39 is 8.07 Å². The predicted octanol–water partition coefficient (Wildman–Crippen LogP) is 2.11. The maximum absolute atomic E-state index is 4.28. The number of pyridine rings is 1. The Morgan fingerprint density at radius 2 is 2.08 bits per heavy atom. The molecule has 2 nitrogen and oxygen atoms in total. The van der Waals surface area contributed by atoms with Crippen molar-refractivity contribution in [2.75, 3.05) is 0 Å². The third kappa shape index (κ3) is 1.51. The van der Waals surface area contributed by atoms with Gasteiger partial charge in [-0.2, -0.15) is 0 Å². The Morgan fingerprint density at radius 3 is 2.69 bits per heavy atom. The van der Waals surface area contributed by atoms with Crippen LogP contribution in [0.1, 0.15) is 0 Å². The van der Waals surface area contributed by atoms with Gasteiger partial charge in [-0.25, -0.2) is 4.98 Å². The van der Waals surface area contributed by atoms with Crippen LogP contribution in [0.5, 0.6) is 0 Å². The maximum atomic E-state index is 4.28. The summed E-state index contributed by atoms with van der Waals surface area (Å²) < 4.78 is 0. The summed E-state index contributed by atoms with van der Waals surface area (Å²) in [5.41, 5.74) is 1.01. The Bertz CT molecular complexity index is 393. The van der Waals surface area contributed by atoms with Crippen LogP contribution >= 0.6 is 0 Å². The van der Waals surface area contributed by atoms with Gasteiger partial charge in [0.15, 0.2) is 0 Å². The summed E-state index contributed by atoms with van der Waals surface area (Å²) in [6.07, 6.45) is 1.83. The molecule has 0 bridgehead atoms. The molecule has 0 atom stereocenters. The molecule has 0 saturated heterocycles. The smallest absolute Gasteiger partial charge is 0.137 e. The van der Waals surface area contributed by atoms with Crippen molar-refractivity contribution < 1.29 is 0 Å². The molecule has 0 aliphatic carbocycles. The lowest BCUT2D eigenvalue weighted by Crippen LogP contribution is -2.38.